The van der Waals surface area contributed by atoms with Gasteiger partial charge in [-0.15, -0.1) is 0 Å². The second-order valence-electron chi connectivity index (χ2n) is 5.65. The predicted molar refractivity (Wildman–Crippen MR) is 68.5 cm³/mol. The minimum Gasteiger partial charge on any atom is -0.329 e. The lowest BCUT2D eigenvalue weighted by molar-refractivity contribution is -0.0102. The molecule has 1 unspecified atom stereocenters. The predicted octanol–water partition coefficient (Wildman–Crippen LogP) is 1.28. The lowest BCUT2D eigenvalue weighted by Gasteiger charge is -2.52. The fourth-order valence-electron chi connectivity index (χ4n) is 3.41. The number of hydrogen-bond acceptors (Lipinski definition) is 3. The third kappa shape index (κ3) is 2.13. The standard InChI is InChI=1S/C13H27N3/c1-3-12-10-15(2)8-5-9-16(12)13(11-14)6-4-7-13/h12H,3-11,14H2,1-2H3. The van der Waals surface area contributed by atoms with Gasteiger partial charge in [0.15, 0.2) is 0 Å². The summed E-state index contributed by atoms with van der Waals surface area (Å²) >= 11 is 0. The third-order valence-electron chi connectivity index (χ3n) is 4.65. The molecule has 3 nitrogen and oxygen atoms in total. The van der Waals surface area contributed by atoms with Crippen molar-refractivity contribution in [3.05, 3.63) is 0 Å². The molecular weight excluding hydrogens is 198 g/mol. The summed E-state index contributed by atoms with van der Waals surface area (Å²) < 4.78 is 0. The van der Waals surface area contributed by atoms with Gasteiger partial charge >= 0.3 is 0 Å². The van der Waals surface area contributed by atoms with Crippen LogP contribution in [0.3, 0.4) is 0 Å². The van der Waals surface area contributed by atoms with Crippen LogP contribution in [0.25, 0.3) is 0 Å². The zero-order valence-electron chi connectivity index (χ0n) is 10.9. The maximum atomic E-state index is 6.05. The van der Waals surface area contributed by atoms with Crippen molar-refractivity contribution in [2.24, 2.45) is 5.73 Å². The van der Waals surface area contributed by atoms with Gasteiger partial charge in [-0.2, -0.15) is 0 Å². The normalized spacial score (nSPS) is 32.1. The van der Waals surface area contributed by atoms with Crippen molar-refractivity contribution in [1.82, 2.24) is 9.80 Å². The minimum atomic E-state index is 0.367. The Kier molecular flexibility index (Phi) is 3.88. The second kappa shape index (κ2) is 5.03. The molecule has 0 amide bonds. The van der Waals surface area contributed by atoms with Crippen LogP contribution < -0.4 is 5.73 Å². The number of rotatable bonds is 3. The molecule has 0 aromatic rings. The fraction of sp³-hybridized carbons (Fsp3) is 1.00. The summed E-state index contributed by atoms with van der Waals surface area (Å²) in [6, 6.07) is 0.719. The fourth-order valence-corrected chi connectivity index (χ4v) is 3.41. The number of hydrogen-bond donors (Lipinski definition) is 1. The van der Waals surface area contributed by atoms with Gasteiger partial charge in [0.25, 0.3) is 0 Å². The van der Waals surface area contributed by atoms with E-state index in [9.17, 15) is 0 Å². The molecule has 2 N–H and O–H groups in total. The molecule has 1 aliphatic heterocycles. The first-order valence-electron chi connectivity index (χ1n) is 6.87. The summed E-state index contributed by atoms with van der Waals surface area (Å²) in [5.74, 6) is 0. The summed E-state index contributed by atoms with van der Waals surface area (Å²) in [5, 5.41) is 0. The average Bonchev–Trinajstić information content (AvgIpc) is 2.40. The Morgan fingerprint density at radius 3 is 2.50 bits per heavy atom. The van der Waals surface area contributed by atoms with Crippen molar-refractivity contribution < 1.29 is 0 Å². The first-order chi connectivity index (χ1) is 7.72. The topological polar surface area (TPSA) is 32.5 Å². The minimum absolute atomic E-state index is 0.367. The van der Waals surface area contributed by atoms with E-state index in [1.807, 2.05) is 0 Å². The van der Waals surface area contributed by atoms with Crippen LogP contribution in [0.1, 0.15) is 39.0 Å². The van der Waals surface area contributed by atoms with Crippen LogP contribution >= 0.6 is 0 Å². The highest BCUT2D eigenvalue weighted by Gasteiger charge is 2.44. The molecule has 0 aromatic carbocycles. The third-order valence-corrected chi connectivity index (χ3v) is 4.65. The molecule has 2 fully saturated rings. The van der Waals surface area contributed by atoms with Crippen molar-refractivity contribution in [2.75, 3.05) is 33.2 Å². The quantitative estimate of drug-likeness (QED) is 0.785. The summed E-state index contributed by atoms with van der Waals surface area (Å²) in [5.41, 5.74) is 6.41. The number of nitrogens with two attached hydrogens (primary N) is 1. The summed E-state index contributed by atoms with van der Waals surface area (Å²) in [6.07, 6.45) is 6.58. The van der Waals surface area contributed by atoms with Crippen molar-refractivity contribution in [1.29, 1.82) is 0 Å². The van der Waals surface area contributed by atoms with E-state index in [4.69, 9.17) is 5.73 Å². The van der Waals surface area contributed by atoms with Crippen LogP contribution in [0.4, 0.5) is 0 Å². The average molecular weight is 225 g/mol. The second-order valence-corrected chi connectivity index (χ2v) is 5.65. The SMILES string of the molecule is CCC1CN(C)CCCN1C1(CN)CCC1. The van der Waals surface area contributed by atoms with E-state index >= 15 is 0 Å². The van der Waals surface area contributed by atoms with Crippen LogP contribution in [0.15, 0.2) is 0 Å². The summed E-state index contributed by atoms with van der Waals surface area (Å²) in [6.45, 7) is 6.89. The van der Waals surface area contributed by atoms with Crippen molar-refractivity contribution in [3.63, 3.8) is 0 Å². The van der Waals surface area contributed by atoms with Gasteiger partial charge < -0.3 is 10.6 Å². The Bertz CT molecular complexity index is 220. The highest BCUT2D eigenvalue weighted by molar-refractivity contribution is 5.02. The molecule has 0 spiro atoms. The molecule has 16 heavy (non-hydrogen) atoms. The molecule has 94 valence electrons. The van der Waals surface area contributed by atoms with Gasteiger partial charge in [-0.25, -0.2) is 0 Å². The molecular formula is C13H27N3. The van der Waals surface area contributed by atoms with Crippen LogP contribution in [0, 0.1) is 0 Å². The number of nitrogens with zero attached hydrogens (tertiary/aromatic N) is 2. The van der Waals surface area contributed by atoms with Crippen LogP contribution in [0.2, 0.25) is 0 Å². The molecule has 0 radical (unpaired) electrons. The zero-order chi connectivity index (χ0) is 11.6. The molecule has 3 heteroatoms. The first-order valence-corrected chi connectivity index (χ1v) is 6.87. The van der Waals surface area contributed by atoms with Gasteiger partial charge in [0, 0.05) is 31.2 Å². The van der Waals surface area contributed by atoms with Gasteiger partial charge in [0.05, 0.1) is 0 Å². The summed E-state index contributed by atoms with van der Waals surface area (Å²) in [7, 11) is 2.25. The Morgan fingerprint density at radius 2 is 2.00 bits per heavy atom. The Morgan fingerprint density at radius 1 is 1.25 bits per heavy atom. The van der Waals surface area contributed by atoms with Gasteiger partial charge in [-0.3, -0.25) is 4.90 Å². The molecule has 1 atom stereocenters. The van der Waals surface area contributed by atoms with E-state index < -0.39 is 0 Å². The Balaban J connectivity index is 2.10. The van der Waals surface area contributed by atoms with E-state index in [0.29, 0.717) is 5.54 Å². The molecule has 0 bridgehead atoms. The maximum Gasteiger partial charge on any atom is 0.0335 e. The lowest BCUT2D eigenvalue weighted by Crippen LogP contribution is -2.62. The van der Waals surface area contributed by atoms with Crippen LogP contribution in [0.5, 0.6) is 0 Å². The van der Waals surface area contributed by atoms with E-state index in [1.165, 1.54) is 51.7 Å². The van der Waals surface area contributed by atoms with Crippen molar-refractivity contribution >= 4 is 0 Å². The number of likely N-dealkylation sites (N-methyl/N-ethyl adjacent to an activating group) is 1. The first kappa shape index (κ1) is 12.3. The van der Waals surface area contributed by atoms with Crippen LogP contribution in [-0.4, -0.2) is 54.6 Å². The molecule has 2 aliphatic rings. The van der Waals surface area contributed by atoms with Crippen molar-refractivity contribution in [2.45, 2.75) is 50.6 Å². The van der Waals surface area contributed by atoms with E-state index in [1.54, 1.807) is 0 Å². The zero-order valence-corrected chi connectivity index (χ0v) is 10.9. The highest BCUT2D eigenvalue weighted by Crippen LogP contribution is 2.39. The molecule has 0 aromatic heterocycles. The van der Waals surface area contributed by atoms with Gasteiger partial charge in [0.1, 0.15) is 0 Å². The van der Waals surface area contributed by atoms with Crippen LogP contribution in [-0.2, 0) is 0 Å². The van der Waals surface area contributed by atoms with Gasteiger partial charge in [0.2, 0.25) is 0 Å². The largest absolute Gasteiger partial charge is 0.329 e. The Hall–Kier alpha value is -0.120. The Labute approximate surface area is 100.0 Å². The lowest BCUT2D eigenvalue weighted by atomic mass is 9.74. The van der Waals surface area contributed by atoms with Gasteiger partial charge in [-0.05, 0) is 45.7 Å². The highest BCUT2D eigenvalue weighted by atomic mass is 15.3. The monoisotopic (exact) mass is 225 g/mol. The summed E-state index contributed by atoms with van der Waals surface area (Å²) in [4.78, 5) is 5.23. The molecule has 1 saturated heterocycles. The van der Waals surface area contributed by atoms with Gasteiger partial charge in [-0.1, -0.05) is 6.92 Å². The molecule has 1 saturated carbocycles. The van der Waals surface area contributed by atoms with Crippen molar-refractivity contribution in [3.8, 4) is 0 Å². The maximum absolute atomic E-state index is 6.05. The molecule has 1 heterocycles. The molecule has 2 rings (SSSR count). The van der Waals surface area contributed by atoms with E-state index in [2.05, 4.69) is 23.8 Å². The van der Waals surface area contributed by atoms with E-state index in [-0.39, 0.29) is 0 Å². The molecule has 1 aliphatic carbocycles. The smallest absolute Gasteiger partial charge is 0.0335 e. The van der Waals surface area contributed by atoms with E-state index in [0.717, 1.165) is 12.6 Å².